The molecule has 1 fully saturated rings. The van der Waals surface area contributed by atoms with Crippen LogP contribution >= 0.6 is 11.8 Å². The van der Waals surface area contributed by atoms with E-state index in [0.29, 0.717) is 6.04 Å². The fourth-order valence-corrected chi connectivity index (χ4v) is 2.91. The van der Waals surface area contributed by atoms with Gasteiger partial charge in [-0.3, -0.25) is 4.79 Å². The molecule has 0 saturated carbocycles. The second-order valence-corrected chi connectivity index (χ2v) is 5.61. The SMILES string of the molecule is CSc1ccccc1NC(=O)[C@H]1CCN[C@@H](C)C1. The molecule has 0 spiro atoms. The third-order valence-corrected chi connectivity index (χ3v) is 4.16. The number of carbonyl (C=O) groups is 1. The van der Waals surface area contributed by atoms with Gasteiger partial charge < -0.3 is 10.6 Å². The Morgan fingerprint density at radius 2 is 2.22 bits per heavy atom. The van der Waals surface area contributed by atoms with Crippen molar-refractivity contribution in [1.29, 1.82) is 0 Å². The molecular weight excluding hydrogens is 244 g/mol. The van der Waals surface area contributed by atoms with Crippen LogP contribution in [0.15, 0.2) is 29.2 Å². The molecule has 1 aliphatic heterocycles. The predicted molar refractivity (Wildman–Crippen MR) is 77.0 cm³/mol. The maximum absolute atomic E-state index is 12.2. The molecule has 3 nitrogen and oxygen atoms in total. The van der Waals surface area contributed by atoms with Crippen molar-refractivity contribution in [2.75, 3.05) is 18.1 Å². The van der Waals surface area contributed by atoms with E-state index in [1.807, 2.05) is 30.5 Å². The highest BCUT2D eigenvalue weighted by atomic mass is 32.2. The lowest BCUT2D eigenvalue weighted by Crippen LogP contribution is -2.40. The van der Waals surface area contributed by atoms with Crippen LogP contribution in [0.2, 0.25) is 0 Å². The van der Waals surface area contributed by atoms with Crippen LogP contribution in [0.25, 0.3) is 0 Å². The van der Waals surface area contributed by atoms with E-state index < -0.39 is 0 Å². The molecule has 2 atom stereocenters. The summed E-state index contributed by atoms with van der Waals surface area (Å²) >= 11 is 1.66. The number of para-hydroxylation sites is 1. The number of anilines is 1. The number of hydrogen-bond acceptors (Lipinski definition) is 3. The monoisotopic (exact) mass is 264 g/mol. The van der Waals surface area contributed by atoms with Crippen LogP contribution < -0.4 is 10.6 Å². The van der Waals surface area contributed by atoms with Crippen molar-refractivity contribution in [2.45, 2.75) is 30.7 Å². The number of rotatable bonds is 3. The fourth-order valence-electron chi connectivity index (χ4n) is 2.35. The minimum Gasteiger partial charge on any atom is -0.325 e. The zero-order valence-corrected chi connectivity index (χ0v) is 11.7. The predicted octanol–water partition coefficient (Wildman–Crippen LogP) is 2.74. The van der Waals surface area contributed by atoms with Gasteiger partial charge >= 0.3 is 0 Å². The fraction of sp³-hybridized carbons (Fsp3) is 0.500. The lowest BCUT2D eigenvalue weighted by molar-refractivity contribution is -0.120. The van der Waals surface area contributed by atoms with Crippen molar-refractivity contribution in [1.82, 2.24) is 5.32 Å². The van der Waals surface area contributed by atoms with E-state index in [9.17, 15) is 4.79 Å². The van der Waals surface area contributed by atoms with Gasteiger partial charge in [-0.25, -0.2) is 0 Å². The van der Waals surface area contributed by atoms with Gasteiger partial charge in [0.25, 0.3) is 0 Å². The number of thioether (sulfide) groups is 1. The number of benzene rings is 1. The van der Waals surface area contributed by atoms with E-state index >= 15 is 0 Å². The summed E-state index contributed by atoms with van der Waals surface area (Å²) in [5.41, 5.74) is 0.932. The maximum Gasteiger partial charge on any atom is 0.227 e. The second-order valence-electron chi connectivity index (χ2n) is 4.77. The van der Waals surface area contributed by atoms with Gasteiger partial charge in [0.15, 0.2) is 0 Å². The number of carbonyl (C=O) groups excluding carboxylic acids is 1. The van der Waals surface area contributed by atoms with E-state index in [4.69, 9.17) is 0 Å². The minimum absolute atomic E-state index is 0.135. The van der Waals surface area contributed by atoms with Crippen LogP contribution in [0, 0.1) is 5.92 Å². The number of amides is 1. The molecule has 2 N–H and O–H groups in total. The molecule has 1 saturated heterocycles. The molecule has 1 heterocycles. The summed E-state index contributed by atoms with van der Waals surface area (Å²) in [5.74, 6) is 0.293. The molecule has 1 aromatic carbocycles. The van der Waals surface area contributed by atoms with Crippen molar-refractivity contribution in [3.05, 3.63) is 24.3 Å². The van der Waals surface area contributed by atoms with Crippen LogP contribution in [-0.2, 0) is 4.79 Å². The van der Waals surface area contributed by atoms with Gasteiger partial charge in [-0.15, -0.1) is 11.8 Å². The van der Waals surface area contributed by atoms with Crippen LogP contribution in [0.4, 0.5) is 5.69 Å². The van der Waals surface area contributed by atoms with Gasteiger partial charge in [0.2, 0.25) is 5.91 Å². The van der Waals surface area contributed by atoms with Gasteiger partial charge in [-0.2, -0.15) is 0 Å². The molecule has 4 heteroatoms. The Balaban J connectivity index is 2.02. The van der Waals surface area contributed by atoms with Gasteiger partial charge in [0.1, 0.15) is 0 Å². The first-order chi connectivity index (χ1) is 8.70. The summed E-state index contributed by atoms with van der Waals surface area (Å²) in [7, 11) is 0. The largest absolute Gasteiger partial charge is 0.325 e. The summed E-state index contributed by atoms with van der Waals surface area (Å²) < 4.78 is 0. The maximum atomic E-state index is 12.2. The molecule has 2 rings (SSSR count). The first-order valence-electron chi connectivity index (χ1n) is 6.38. The van der Waals surface area contributed by atoms with Crippen molar-refractivity contribution in [3.8, 4) is 0 Å². The lowest BCUT2D eigenvalue weighted by Gasteiger charge is -2.27. The molecular formula is C14H20N2OS. The highest BCUT2D eigenvalue weighted by Crippen LogP contribution is 2.26. The summed E-state index contributed by atoms with van der Waals surface area (Å²) in [6.45, 7) is 3.07. The molecule has 1 amide bonds. The van der Waals surface area contributed by atoms with Gasteiger partial charge in [-0.1, -0.05) is 12.1 Å². The zero-order valence-electron chi connectivity index (χ0n) is 10.9. The van der Waals surface area contributed by atoms with Gasteiger partial charge in [0, 0.05) is 16.9 Å². The molecule has 0 radical (unpaired) electrons. The summed E-state index contributed by atoms with van der Waals surface area (Å²) in [6, 6.07) is 8.39. The second kappa shape index (κ2) is 6.25. The van der Waals surface area contributed by atoms with Crippen molar-refractivity contribution in [3.63, 3.8) is 0 Å². The van der Waals surface area contributed by atoms with Crippen LogP contribution in [0.5, 0.6) is 0 Å². The Kier molecular flexibility index (Phi) is 4.66. The van der Waals surface area contributed by atoms with E-state index in [-0.39, 0.29) is 11.8 Å². The van der Waals surface area contributed by atoms with E-state index in [1.165, 1.54) is 0 Å². The highest BCUT2D eigenvalue weighted by Gasteiger charge is 2.24. The van der Waals surface area contributed by atoms with E-state index in [0.717, 1.165) is 30.0 Å². The Morgan fingerprint density at radius 3 is 2.94 bits per heavy atom. The standard InChI is InChI=1S/C14H20N2OS/c1-10-9-11(7-8-15-10)14(17)16-12-5-3-4-6-13(12)18-2/h3-6,10-11,15H,7-9H2,1-2H3,(H,16,17)/t10-,11-/m0/s1. The van der Waals surface area contributed by atoms with Crippen LogP contribution in [0.3, 0.4) is 0 Å². The summed E-state index contributed by atoms with van der Waals surface area (Å²) in [4.78, 5) is 13.4. The average Bonchev–Trinajstić information content (AvgIpc) is 2.39. The molecule has 0 unspecified atom stereocenters. The van der Waals surface area contributed by atoms with E-state index in [2.05, 4.69) is 17.6 Å². The van der Waals surface area contributed by atoms with E-state index in [1.54, 1.807) is 11.8 Å². The first kappa shape index (κ1) is 13.4. The topological polar surface area (TPSA) is 41.1 Å². The highest BCUT2D eigenvalue weighted by molar-refractivity contribution is 7.98. The van der Waals surface area contributed by atoms with Crippen molar-refractivity contribution in [2.24, 2.45) is 5.92 Å². The molecule has 1 aromatic rings. The summed E-state index contributed by atoms with van der Waals surface area (Å²) in [5, 5.41) is 6.43. The third-order valence-electron chi connectivity index (χ3n) is 3.36. The van der Waals surface area contributed by atoms with Crippen LogP contribution in [0.1, 0.15) is 19.8 Å². The summed E-state index contributed by atoms with van der Waals surface area (Å²) in [6.07, 6.45) is 3.88. The molecule has 18 heavy (non-hydrogen) atoms. The smallest absolute Gasteiger partial charge is 0.227 e. The first-order valence-corrected chi connectivity index (χ1v) is 7.60. The van der Waals surface area contributed by atoms with Crippen LogP contribution in [-0.4, -0.2) is 24.7 Å². The number of nitrogens with one attached hydrogen (secondary N) is 2. The Labute approximate surface area is 113 Å². The molecule has 0 bridgehead atoms. The third kappa shape index (κ3) is 3.27. The molecule has 0 aliphatic carbocycles. The zero-order chi connectivity index (χ0) is 13.0. The Morgan fingerprint density at radius 1 is 1.44 bits per heavy atom. The normalized spacial score (nSPS) is 23.7. The Bertz CT molecular complexity index is 422. The lowest BCUT2D eigenvalue weighted by atomic mass is 9.92. The quantitative estimate of drug-likeness (QED) is 0.825. The minimum atomic E-state index is 0.135. The molecule has 0 aromatic heterocycles. The van der Waals surface area contributed by atoms with Crippen molar-refractivity contribution >= 4 is 23.4 Å². The molecule has 98 valence electrons. The van der Waals surface area contributed by atoms with Gasteiger partial charge in [-0.05, 0) is 44.7 Å². The number of hydrogen-bond donors (Lipinski definition) is 2. The Hall–Kier alpha value is -1.00. The van der Waals surface area contributed by atoms with Crippen molar-refractivity contribution < 1.29 is 4.79 Å². The molecule has 1 aliphatic rings. The number of piperidine rings is 1. The van der Waals surface area contributed by atoms with Gasteiger partial charge in [0.05, 0.1) is 5.69 Å². The average molecular weight is 264 g/mol.